The zero-order valence-electron chi connectivity index (χ0n) is 13.3. The van der Waals surface area contributed by atoms with E-state index >= 15 is 0 Å². The third-order valence-electron chi connectivity index (χ3n) is 3.76. The van der Waals surface area contributed by atoms with Gasteiger partial charge in [0, 0.05) is 12.1 Å². The molecule has 0 saturated carbocycles. The Kier molecular flexibility index (Phi) is 3.95. The second-order valence-electron chi connectivity index (χ2n) is 5.54. The van der Waals surface area contributed by atoms with Crippen molar-refractivity contribution in [3.8, 4) is 0 Å². The summed E-state index contributed by atoms with van der Waals surface area (Å²) in [7, 11) is 0. The van der Waals surface area contributed by atoms with Crippen LogP contribution in [0, 0.1) is 17.0 Å². The maximum Gasteiger partial charge on any atom is 0.280 e. The fourth-order valence-electron chi connectivity index (χ4n) is 2.40. The molecule has 6 nitrogen and oxygen atoms in total. The van der Waals surface area contributed by atoms with Gasteiger partial charge in [0.25, 0.3) is 11.6 Å². The minimum atomic E-state index is -0.479. The summed E-state index contributed by atoms with van der Waals surface area (Å²) in [6.45, 7) is 3.77. The van der Waals surface area contributed by atoms with Crippen molar-refractivity contribution >= 4 is 29.1 Å². The molecule has 0 bridgehead atoms. The predicted octanol–water partition coefficient (Wildman–Crippen LogP) is 3.71. The van der Waals surface area contributed by atoms with Gasteiger partial charge < -0.3 is 0 Å². The van der Waals surface area contributed by atoms with Crippen LogP contribution in [-0.2, 0) is 4.79 Å². The van der Waals surface area contributed by atoms with Gasteiger partial charge in [0.1, 0.15) is 0 Å². The lowest BCUT2D eigenvalue weighted by Crippen LogP contribution is -2.21. The molecule has 3 rings (SSSR count). The number of aryl methyl sites for hydroxylation is 1. The number of hydrogen-bond acceptors (Lipinski definition) is 4. The third kappa shape index (κ3) is 2.94. The Balaban J connectivity index is 1.90. The molecule has 0 unspecified atom stereocenters. The molecule has 1 aliphatic rings. The van der Waals surface area contributed by atoms with E-state index in [4.69, 9.17) is 0 Å². The van der Waals surface area contributed by atoms with Crippen molar-refractivity contribution in [2.24, 2.45) is 5.10 Å². The highest BCUT2D eigenvalue weighted by Crippen LogP contribution is 2.26. The zero-order chi connectivity index (χ0) is 17.3. The van der Waals surface area contributed by atoms with Crippen LogP contribution < -0.4 is 5.01 Å². The average Bonchev–Trinajstić information content (AvgIpc) is 2.85. The first-order valence-corrected chi connectivity index (χ1v) is 7.38. The van der Waals surface area contributed by atoms with E-state index in [1.807, 2.05) is 31.2 Å². The number of hydrogen-bond donors (Lipinski definition) is 0. The Morgan fingerprint density at radius 1 is 1.04 bits per heavy atom. The van der Waals surface area contributed by atoms with Crippen molar-refractivity contribution in [3.05, 3.63) is 75.3 Å². The number of non-ortho nitro benzene ring substituents is 1. The highest BCUT2D eigenvalue weighted by Gasteiger charge is 2.28. The maximum absolute atomic E-state index is 12.6. The molecule has 0 N–H and O–H groups in total. The zero-order valence-corrected chi connectivity index (χ0v) is 13.3. The molecule has 6 heteroatoms. The van der Waals surface area contributed by atoms with E-state index in [0.717, 1.165) is 11.1 Å². The fraction of sp³-hybridized carbons (Fsp3) is 0.111. The Morgan fingerprint density at radius 3 is 2.25 bits per heavy atom. The van der Waals surface area contributed by atoms with Crippen molar-refractivity contribution in [3.63, 3.8) is 0 Å². The van der Waals surface area contributed by atoms with Crippen LogP contribution in [0.2, 0.25) is 0 Å². The molecule has 0 fully saturated rings. The largest absolute Gasteiger partial charge is 0.280 e. The quantitative estimate of drug-likeness (QED) is 0.491. The van der Waals surface area contributed by atoms with Gasteiger partial charge in [-0.3, -0.25) is 14.9 Å². The SMILES string of the molecule is CC1=NN(c2ccc([N+](=O)[O-])cc2)C(=O)/C1=C/c1ccc(C)cc1. The number of carbonyl (C=O) groups excluding carboxylic acids is 1. The molecule has 0 radical (unpaired) electrons. The van der Waals surface area contributed by atoms with Crippen LogP contribution >= 0.6 is 0 Å². The Labute approximate surface area is 138 Å². The van der Waals surface area contributed by atoms with E-state index in [1.54, 1.807) is 13.0 Å². The Hall–Kier alpha value is -3.28. The fourth-order valence-corrected chi connectivity index (χ4v) is 2.40. The summed E-state index contributed by atoms with van der Waals surface area (Å²) >= 11 is 0. The summed E-state index contributed by atoms with van der Waals surface area (Å²) < 4.78 is 0. The molecular formula is C18H15N3O3. The van der Waals surface area contributed by atoms with E-state index in [-0.39, 0.29) is 11.6 Å². The number of nitro benzene ring substituents is 1. The van der Waals surface area contributed by atoms with Crippen molar-refractivity contribution < 1.29 is 9.72 Å². The second-order valence-corrected chi connectivity index (χ2v) is 5.54. The van der Waals surface area contributed by atoms with Gasteiger partial charge in [0.05, 0.1) is 21.9 Å². The summed E-state index contributed by atoms with van der Waals surface area (Å²) in [4.78, 5) is 22.9. The van der Waals surface area contributed by atoms with Crippen molar-refractivity contribution in [1.29, 1.82) is 0 Å². The molecule has 1 heterocycles. The smallest absolute Gasteiger partial charge is 0.267 e. The molecule has 1 amide bonds. The third-order valence-corrected chi connectivity index (χ3v) is 3.76. The van der Waals surface area contributed by atoms with Gasteiger partial charge in [0.15, 0.2) is 0 Å². The number of nitro groups is 1. The number of anilines is 1. The lowest BCUT2D eigenvalue weighted by Gasteiger charge is -2.11. The Morgan fingerprint density at radius 2 is 1.67 bits per heavy atom. The van der Waals surface area contributed by atoms with Gasteiger partial charge in [-0.15, -0.1) is 0 Å². The van der Waals surface area contributed by atoms with E-state index in [2.05, 4.69) is 5.10 Å². The molecule has 0 aromatic heterocycles. The first kappa shape index (κ1) is 15.6. The molecule has 1 aliphatic heterocycles. The van der Waals surface area contributed by atoms with Crippen molar-refractivity contribution in [2.45, 2.75) is 13.8 Å². The van der Waals surface area contributed by atoms with Crippen LogP contribution in [0.25, 0.3) is 6.08 Å². The normalized spacial score (nSPS) is 15.8. The Bertz CT molecular complexity index is 865. The van der Waals surface area contributed by atoms with E-state index in [0.29, 0.717) is 17.0 Å². The van der Waals surface area contributed by atoms with Crippen LogP contribution in [0.4, 0.5) is 11.4 Å². The molecule has 2 aromatic rings. The number of carbonyl (C=O) groups is 1. The van der Waals surface area contributed by atoms with Crippen molar-refractivity contribution in [2.75, 3.05) is 5.01 Å². The predicted molar refractivity (Wildman–Crippen MR) is 92.8 cm³/mol. The molecule has 0 spiro atoms. The molecule has 0 saturated heterocycles. The lowest BCUT2D eigenvalue weighted by atomic mass is 10.1. The van der Waals surface area contributed by atoms with Crippen LogP contribution in [0.15, 0.2) is 59.2 Å². The minimum absolute atomic E-state index is 0.0264. The van der Waals surface area contributed by atoms with E-state index < -0.39 is 4.92 Å². The summed E-state index contributed by atoms with van der Waals surface area (Å²) in [6.07, 6.45) is 1.80. The van der Waals surface area contributed by atoms with Gasteiger partial charge in [-0.1, -0.05) is 29.8 Å². The molecule has 0 atom stereocenters. The van der Waals surface area contributed by atoms with Crippen LogP contribution in [0.3, 0.4) is 0 Å². The van der Waals surface area contributed by atoms with Gasteiger partial charge in [-0.05, 0) is 37.6 Å². The number of amides is 1. The highest BCUT2D eigenvalue weighted by atomic mass is 16.6. The van der Waals surface area contributed by atoms with Gasteiger partial charge in [0.2, 0.25) is 0 Å². The molecule has 2 aromatic carbocycles. The first-order chi connectivity index (χ1) is 11.5. The van der Waals surface area contributed by atoms with E-state index in [1.165, 1.54) is 29.3 Å². The molecule has 120 valence electrons. The van der Waals surface area contributed by atoms with Gasteiger partial charge >= 0.3 is 0 Å². The maximum atomic E-state index is 12.6. The monoisotopic (exact) mass is 321 g/mol. The summed E-state index contributed by atoms with van der Waals surface area (Å²) in [5.74, 6) is -0.248. The molecular weight excluding hydrogens is 306 g/mol. The summed E-state index contributed by atoms with van der Waals surface area (Å²) in [5, 5.41) is 16.3. The van der Waals surface area contributed by atoms with Gasteiger partial charge in [-0.2, -0.15) is 10.1 Å². The summed E-state index contributed by atoms with van der Waals surface area (Å²) in [5.41, 5.74) is 3.66. The summed E-state index contributed by atoms with van der Waals surface area (Å²) in [6, 6.07) is 13.6. The standard InChI is InChI=1S/C18H15N3O3/c1-12-3-5-14(6-4-12)11-17-13(2)19-20(18(17)22)15-7-9-16(10-8-15)21(23)24/h3-11H,1-2H3/b17-11+. The number of hydrazone groups is 1. The number of rotatable bonds is 3. The van der Waals surface area contributed by atoms with Gasteiger partial charge in [-0.25, -0.2) is 0 Å². The topological polar surface area (TPSA) is 75.8 Å². The second kappa shape index (κ2) is 6.08. The van der Waals surface area contributed by atoms with Crippen molar-refractivity contribution in [1.82, 2.24) is 0 Å². The number of nitrogens with zero attached hydrogens (tertiary/aromatic N) is 3. The van der Waals surface area contributed by atoms with Crippen LogP contribution in [-0.4, -0.2) is 16.5 Å². The molecule has 0 aliphatic carbocycles. The highest BCUT2D eigenvalue weighted by molar-refractivity contribution is 6.32. The number of benzene rings is 2. The minimum Gasteiger partial charge on any atom is -0.267 e. The molecule has 24 heavy (non-hydrogen) atoms. The van der Waals surface area contributed by atoms with E-state index in [9.17, 15) is 14.9 Å². The first-order valence-electron chi connectivity index (χ1n) is 7.38. The van der Waals surface area contributed by atoms with Crippen LogP contribution in [0.5, 0.6) is 0 Å². The average molecular weight is 321 g/mol. The van der Waals surface area contributed by atoms with Crippen LogP contribution in [0.1, 0.15) is 18.1 Å². The lowest BCUT2D eigenvalue weighted by molar-refractivity contribution is -0.384.